The molecule has 2 fully saturated rings. The fourth-order valence-corrected chi connectivity index (χ4v) is 5.68. The number of carbonyl (C=O) groups is 2. The second kappa shape index (κ2) is 10.1. The van der Waals surface area contributed by atoms with Crippen molar-refractivity contribution in [1.29, 1.82) is 0 Å². The normalized spacial score (nSPS) is 19.1. The van der Waals surface area contributed by atoms with E-state index in [0.717, 1.165) is 25.0 Å². The highest BCUT2D eigenvalue weighted by molar-refractivity contribution is 7.92. The third-order valence-corrected chi connectivity index (χ3v) is 7.73. The molecule has 2 aromatic rings. The molecule has 2 saturated heterocycles. The Hall–Kier alpha value is -2.98. The summed E-state index contributed by atoms with van der Waals surface area (Å²) in [6.45, 7) is 4.71. The Morgan fingerprint density at radius 3 is 2.41 bits per heavy atom. The van der Waals surface area contributed by atoms with E-state index in [1.54, 1.807) is 17.0 Å². The SMILES string of the molecule is Cc1cc(F)ccc1S(=O)(=O)Nc1ccc(C(=O)N2CCC[C@H](C(=O)N3CCOCC3)C2)cc1. The lowest BCUT2D eigenvalue weighted by Gasteiger charge is -2.36. The van der Waals surface area contributed by atoms with Crippen LogP contribution in [-0.4, -0.2) is 69.4 Å². The average molecular weight is 490 g/mol. The summed E-state index contributed by atoms with van der Waals surface area (Å²) in [6.07, 6.45) is 1.50. The number of hydrogen-bond donors (Lipinski definition) is 1. The van der Waals surface area contributed by atoms with Crippen LogP contribution in [0.25, 0.3) is 0 Å². The quantitative estimate of drug-likeness (QED) is 0.697. The predicted molar refractivity (Wildman–Crippen MR) is 124 cm³/mol. The van der Waals surface area contributed by atoms with Crippen molar-refractivity contribution in [3.05, 3.63) is 59.4 Å². The molecular weight excluding hydrogens is 461 g/mol. The van der Waals surface area contributed by atoms with Gasteiger partial charge in [0.15, 0.2) is 0 Å². The molecule has 182 valence electrons. The fraction of sp³-hybridized carbons (Fsp3) is 0.417. The van der Waals surface area contributed by atoms with Crippen molar-refractivity contribution in [1.82, 2.24) is 9.80 Å². The van der Waals surface area contributed by atoms with Gasteiger partial charge in [0, 0.05) is 37.4 Å². The van der Waals surface area contributed by atoms with E-state index in [4.69, 9.17) is 4.74 Å². The van der Waals surface area contributed by atoms with Crippen LogP contribution in [-0.2, 0) is 19.6 Å². The third kappa shape index (κ3) is 5.39. The molecule has 0 unspecified atom stereocenters. The van der Waals surface area contributed by atoms with Crippen LogP contribution in [0.5, 0.6) is 0 Å². The first-order valence-electron chi connectivity index (χ1n) is 11.3. The smallest absolute Gasteiger partial charge is 0.262 e. The van der Waals surface area contributed by atoms with Crippen LogP contribution in [0.4, 0.5) is 10.1 Å². The number of likely N-dealkylation sites (tertiary alicyclic amines) is 1. The molecule has 2 amide bonds. The summed E-state index contributed by atoms with van der Waals surface area (Å²) < 4.78 is 46.5. The number of rotatable bonds is 5. The van der Waals surface area contributed by atoms with E-state index in [2.05, 4.69) is 4.72 Å². The number of nitrogens with zero attached hydrogens (tertiary/aromatic N) is 2. The Bertz CT molecular complexity index is 1160. The molecule has 10 heteroatoms. The van der Waals surface area contributed by atoms with Crippen molar-refractivity contribution in [3.63, 3.8) is 0 Å². The van der Waals surface area contributed by atoms with E-state index in [1.807, 2.05) is 4.90 Å². The number of hydrogen-bond acceptors (Lipinski definition) is 5. The summed E-state index contributed by atoms with van der Waals surface area (Å²) in [5.41, 5.74) is 1.00. The van der Waals surface area contributed by atoms with Gasteiger partial charge < -0.3 is 14.5 Å². The number of anilines is 1. The van der Waals surface area contributed by atoms with Crippen molar-refractivity contribution >= 4 is 27.5 Å². The first-order valence-corrected chi connectivity index (χ1v) is 12.8. The van der Waals surface area contributed by atoms with E-state index in [9.17, 15) is 22.4 Å². The summed E-state index contributed by atoms with van der Waals surface area (Å²) in [5, 5.41) is 0. The molecule has 2 aromatic carbocycles. The van der Waals surface area contributed by atoms with Gasteiger partial charge in [0.25, 0.3) is 15.9 Å². The van der Waals surface area contributed by atoms with Gasteiger partial charge in [-0.05, 0) is 67.8 Å². The molecule has 1 atom stereocenters. The van der Waals surface area contributed by atoms with Gasteiger partial charge in [-0.3, -0.25) is 14.3 Å². The Labute approximate surface area is 198 Å². The Balaban J connectivity index is 1.41. The number of benzene rings is 2. The lowest BCUT2D eigenvalue weighted by molar-refractivity contribution is -0.141. The topological polar surface area (TPSA) is 96.0 Å². The molecule has 0 spiro atoms. The number of morpholine rings is 1. The molecule has 0 aromatic heterocycles. The number of piperidine rings is 1. The summed E-state index contributed by atoms with van der Waals surface area (Å²) >= 11 is 0. The van der Waals surface area contributed by atoms with E-state index >= 15 is 0 Å². The van der Waals surface area contributed by atoms with Crippen molar-refractivity contribution in [2.75, 3.05) is 44.1 Å². The van der Waals surface area contributed by atoms with Crippen LogP contribution in [0.1, 0.15) is 28.8 Å². The molecule has 0 aliphatic carbocycles. The highest BCUT2D eigenvalue weighted by Gasteiger charge is 2.32. The minimum Gasteiger partial charge on any atom is -0.378 e. The number of carbonyl (C=O) groups excluding carboxylic acids is 2. The number of aryl methyl sites for hydroxylation is 1. The molecule has 8 nitrogen and oxygen atoms in total. The highest BCUT2D eigenvalue weighted by atomic mass is 32.2. The zero-order valence-electron chi connectivity index (χ0n) is 19.0. The maximum absolute atomic E-state index is 13.3. The van der Waals surface area contributed by atoms with E-state index in [-0.39, 0.29) is 22.6 Å². The lowest BCUT2D eigenvalue weighted by Crippen LogP contribution is -2.49. The van der Waals surface area contributed by atoms with Crippen molar-refractivity contribution < 1.29 is 27.1 Å². The summed E-state index contributed by atoms with van der Waals surface area (Å²) in [4.78, 5) is 29.4. The predicted octanol–water partition coefficient (Wildman–Crippen LogP) is 2.65. The maximum Gasteiger partial charge on any atom is 0.262 e. The molecule has 0 bridgehead atoms. The van der Waals surface area contributed by atoms with E-state index < -0.39 is 15.8 Å². The van der Waals surface area contributed by atoms with Crippen molar-refractivity contribution in [3.8, 4) is 0 Å². The lowest BCUT2D eigenvalue weighted by atomic mass is 9.95. The summed E-state index contributed by atoms with van der Waals surface area (Å²) in [5.74, 6) is -0.850. The van der Waals surface area contributed by atoms with Crippen LogP contribution in [0.3, 0.4) is 0 Å². The van der Waals surface area contributed by atoms with E-state index in [1.165, 1.54) is 25.1 Å². The van der Waals surface area contributed by atoms with Crippen LogP contribution in [0.2, 0.25) is 0 Å². The first-order chi connectivity index (χ1) is 16.2. The fourth-order valence-electron chi connectivity index (χ4n) is 4.39. The average Bonchev–Trinajstić information content (AvgIpc) is 2.84. The molecule has 4 rings (SSSR count). The Kier molecular flexibility index (Phi) is 7.18. The number of sulfonamides is 1. The Morgan fingerprint density at radius 2 is 1.74 bits per heavy atom. The number of halogens is 1. The monoisotopic (exact) mass is 489 g/mol. The number of amides is 2. The van der Waals surface area contributed by atoms with Gasteiger partial charge in [-0.15, -0.1) is 0 Å². The zero-order chi connectivity index (χ0) is 24.3. The largest absolute Gasteiger partial charge is 0.378 e. The maximum atomic E-state index is 13.3. The standard InChI is InChI=1S/C24H28FN3O5S/c1-17-15-20(25)6-9-22(17)34(31,32)26-21-7-4-18(5-8-21)23(29)28-10-2-3-19(16-28)24(30)27-11-13-33-14-12-27/h4-9,15,19,26H,2-3,10-14,16H2,1H3/t19-/m0/s1. The Morgan fingerprint density at radius 1 is 1.03 bits per heavy atom. The zero-order valence-corrected chi connectivity index (χ0v) is 19.8. The van der Waals surface area contributed by atoms with Crippen LogP contribution in [0, 0.1) is 18.7 Å². The van der Waals surface area contributed by atoms with Gasteiger partial charge >= 0.3 is 0 Å². The summed E-state index contributed by atoms with van der Waals surface area (Å²) in [7, 11) is -3.90. The molecular formula is C24H28FN3O5S. The third-order valence-electron chi connectivity index (χ3n) is 6.19. The van der Waals surface area contributed by atoms with Crippen molar-refractivity contribution in [2.45, 2.75) is 24.7 Å². The molecule has 0 saturated carbocycles. The second-order valence-corrected chi connectivity index (χ2v) is 10.3. The van der Waals surface area contributed by atoms with Gasteiger partial charge in [0.2, 0.25) is 5.91 Å². The minimum atomic E-state index is -3.90. The molecule has 2 aliphatic heterocycles. The van der Waals surface area contributed by atoms with Gasteiger partial charge in [0.1, 0.15) is 5.82 Å². The van der Waals surface area contributed by atoms with Crippen LogP contribution in [0.15, 0.2) is 47.4 Å². The van der Waals surface area contributed by atoms with E-state index in [0.29, 0.717) is 56.2 Å². The van der Waals surface area contributed by atoms with Gasteiger partial charge in [-0.2, -0.15) is 0 Å². The first kappa shape index (κ1) is 24.2. The van der Waals surface area contributed by atoms with Crippen molar-refractivity contribution in [2.24, 2.45) is 5.92 Å². The molecule has 34 heavy (non-hydrogen) atoms. The van der Waals surface area contributed by atoms with Crippen LogP contribution < -0.4 is 4.72 Å². The molecule has 0 radical (unpaired) electrons. The number of ether oxygens (including phenoxy) is 1. The van der Waals surface area contributed by atoms with Crippen LogP contribution >= 0.6 is 0 Å². The molecule has 2 aliphatic rings. The molecule has 2 heterocycles. The molecule has 1 N–H and O–H groups in total. The minimum absolute atomic E-state index is 0.0154. The highest BCUT2D eigenvalue weighted by Crippen LogP contribution is 2.23. The second-order valence-electron chi connectivity index (χ2n) is 8.62. The van der Waals surface area contributed by atoms with Gasteiger partial charge in [-0.25, -0.2) is 12.8 Å². The number of nitrogens with one attached hydrogen (secondary N) is 1. The van der Waals surface area contributed by atoms with Gasteiger partial charge in [0.05, 0.1) is 24.0 Å². The van der Waals surface area contributed by atoms with Gasteiger partial charge in [-0.1, -0.05) is 0 Å². The summed E-state index contributed by atoms with van der Waals surface area (Å²) in [6, 6.07) is 9.63.